The lowest BCUT2D eigenvalue weighted by molar-refractivity contribution is -0.149. The highest BCUT2D eigenvalue weighted by molar-refractivity contribution is 7.90. The van der Waals surface area contributed by atoms with Crippen molar-refractivity contribution in [2.75, 3.05) is 27.4 Å². The molecule has 3 rings (SSSR count). The Balaban J connectivity index is 1.48. The molecule has 10 nitrogen and oxygen atoms in total. The molecule has 0 unspecified atom stereocenters. The van der Waals surface area contributed by atoms with Crippen molar-refractivity contribution >= 4 is 27.7 Å². The molecule has 0 saturated carbocycles. The standard InChI is InChI=1S/C22H25N3O7S/c1-14(24-21-16-6-4-5-7-19(16)33(28,29)25-21)22(27)32-13-20(26)23-11-10-15-8-9-17(30-2)18(12-15)31-3/h4-9,12,14H,10-11,13H2,1-3H3,(H,23,26)(H,24,25)/t14-/m0/s1. The number of methoxy groups -OCH3 is 2. The molecule has 1 aliphatic rings. The van der Waals surface area contributed by atoms with Crippen LogP contribution in [0.15, 0.2) is 52.4 Å². The van der Waals surface area contributed by atoms with Crippen LogP contribution in [0.3, 0.4) is 0 Å². The third kappa shape index (κ3) is 5.80. The maximum absolute atomic E-state index is 12.2. The van der Waals surface area contributed by atoms with Crippen LogP contribution >= 0.6 is 0 Å². The third-order valence-corrected chi connectivity index (χ3v) is 6.25. The molecule has 2 aromatic rings. The molecule has 0 radical (unpaired) electrons. The Morgan fingerprint density at radius 3 is 2.55 bits per heavy atom. The van der Waals surface area contributed by atoms with Crippen molar-refractivity contribution in [2.24, 2.45) is 4.99 Å². The first kappa shape index (κ1) is 24.1. The van der Waals surface area contributed by atoms with Crippen LogP contribution in [0.2, 0.25) is 0 Å². The largest absolute Gasteiger partial charge is 0.493 e. The van der Waals surface area contributed by atoms with Gasteiger partial charge in [0.05, 0.1) is 19.1 Å². The van der Waals surface area contributed by atoms with Gasteiger partial charge in [-0.3, -0.25) is 14.5 Å². The summed E-state index contributed by atoms with van der Waals surface area (Å²) in [6.07, 6.45) is 0.545. The van der Waals surface area contributed by atoms with Gasteiger partial charge in [-0.25, -0.2) is 13.2 Å². The Hall–Kier alpha value is -3.60. The predicted octanol–water partition coefficient (Wildman–Crippen LogP) is 1.03. The van der Waals surface area contributed by atoms with E-state index in [1.807, 2.05) is 12.1 Å². The van der Waals surface area contributed by atoms with Gasteiger partial charge in [-0.05, 0) is 43.2 Å². The number of sulfonamides is 1. The number of aliphatic imine (C=N–C) groups is 1. The highest BCUT2D eigenvalue weighted by Gasteiger charge is 2.31. The Bertz CT molecular complexity index is 1180. The highest BCUT2D eigenvalue weighted by Crippen LogP contribution is 2.27. The summed E-state index contributed by atoms with van der Waals surface area (Å²) in [5.41, 5.74) is 1.32. The molecule has 1 atom stereocenters. The lowest BCUT2D eigenvalue weighted by Gasteiger charge is -2.11. The lowest BCUT2D eigenvalue weighted by Crippen LogP contribution is -2.32. The molecule has 0 saturated heterocycles. The van der Waals surface area contributed by atoms with E-state index < -0.39 is 34.5 Å². The zero-order valence-electron chi connectivity index (χ0n) is 18.5. The van der Waals surface area contributed by atoms with Crippen molar-refractivity contribution in [3.63, 3.8) is 0 Å². The fourth-order valence-electron chi connectivity index (χ4n) is 3.17. The van der Waals surface area contributed by atoms with Gasteiger partial charge >= 0.3 is 5.97 Å². The number of rotatable bonds is 9. The smallest absolute Gasteiger partial charge is 0.331 e. The van der Waals surface area contributed by atoms with E-state index in [1.165, 1.54) is 13.0 Å². The summed E-state index contributed by atoms with van der Waals surface area (Å²) in [6, 6.07) is 10.8. The fraction of sp³-hybridized carbons (Fsp3) is 0.318. The zero-order valence-corrected chi connectivity index (χ0v) is 19.3. The van der Waals surface area contributed by atoms with Gasteiger partial charge in [-0.2, -0.15) is 0 Å². The first-order valence-electron chi connectivity index (χ1n) is 10.1. The molecule has 1 aliphatic heterocycles. The fourth-order valence-corrected chi connectivity index (χ4v) is 4.41. The highest BCUT2D eigenvalue weighted by atomic mass is 32.2. The van der Waals surface area contributed by atoms with Gasteiger partial charge in [0.2, 0.25) is 0 Å². The minimum Gasteiger partial charge on any atom is -0.493 e. The van der Waals surface area contributed by atoms with Crippen LogP contribution in [-0.4, -0.2) is 59.5 Å². The zero-order chi connectivity index (χ0) is 24.0. The van der Waals surface area contributed by atoms with Crippen molar-refractivity contribution in [3.8, 4) is 11.5 Å². The summed E-state index contributed by atoms with van der Waals surface area (Å²) < 4.78 is 42.0. The monoisotopic (exact) mass is 475 g/mol. The van der Waals surface area contributed by atoms with Crippen LogP contribution in [0.5, 0.6) is 11.5 Å². The number of ether oxygens (including phenoxy) is 3. The first-order valence-corrected chi connectivity index (χ1v) is 11.6. The first-order chi connectivity index (χ1) is 15.7. The molecule has 2 aromatic carbocycles. The van der Waals surface area contributed by atoms with E-state index in [4.69, 9.17) is 14.2 Å². The van der Waals surface area contributed by atoms with E-state index in [0.29, 0.717) is 30.0 Å². The van der Waals surface area contributed by atoms with Gasteiger partial charge in [0.15, 0.2) is 18.1 Å². The summed E-state index contributed by atoms with van der Waals surface area (Å²) in [4.78, 5) is 28.5. The Morgan fingerprint density at radius 1 is 1.09 bits per heavy atom. The molecule has 11 heteroatoms. The maximum atomic E-state index is 12.2. The number of nitrogens with one attached hydrogen (secondary N) is 2. The van der Waals surface area contributed by atoms with Crippen molar-refractivity contribution in [1.82, 2.24) is 10.0 Å². The number of carbonyl (C=O) groups is 2. The van der Waals surface area contributed by atoms with Gasteiger partial charge in [0.1, 0.15) is 11.9 Å². The second kappa shape index (κ2) is 10.3. The van der Waals surface area contributed by atoms with Crippen LogP contribution in [-0.2, 0) is 30.8 Å². The number of amides is 1. The van der Waals surface area contributed by atoms with E-state index in [1.54, 1.807) is 38.5 Å². The lowest BCUT2D eigenvalue weighted by atomic mass is 10.1. The topological polar surface area (TPSA) is 132 Å². The van der Waals surface area contributed by atoms with E-state index in [-0.39, 0.29) is 10.7 Å². The summed E-state index contributed by atoms with van der Waals surface area (Å²) in [7, 11) is -0.607. The maximum Gasteiger partial charge on any atom is 0.331 e. The summed E-state index contributed by atoms with van der Waals surface area (Å²) in [5.74, 6) is 0.0629. The number of esters is 1. The Morgan fingerprint density at radius 2 is 1.82 bits per heavy atom. The number of hydrogen-bond donors (Lipinski definition) is 2. The molecule has 0 spiro atoms. The van der Waals surface area contributed by atoms with Crippen LogP contribution in [0, 0.1) is 0 Å². The Kier molecular flexibility index (Phi) is 7.54. The molecule has 0 aromatic heterocycles. The SMILES string of the molecule is COc1ccc(CCNC(=O)COC(=O)[C@H](C)N=C2NS(=O)(=O)c3ccccc32)cc1OC. The number of benzene rings is 2. The molecule has 0 bridgehead atoms. The predicted molar refractivity (Wildman–Crippen MR) is 120 cm³/mol. The molecular weight excluding hydrogens is 450 g/mol. The number of fused-ring (bicyclic) bond motifs is 1. The molecule has 0 fully saturated rings. The second-order valence-corrected chi connectivity index (χ2v) is 8.80. The van der Waals surface area contributed by atoms with E-state index in [0.717, 1.165) is 5.56 Å². The number of amidine groups is 1. The minimum absolute atomic E-state index is 0.0643. The molecule has 1 heterocycles. The van der Waals surface area contributed by atoms with Crippen molar-refractivity contribution in [3.05, 3.63) is 53.6 Å². The molecule has 176 valence electrons. The van der Waals surface area contributed by atoms with Crippen molar-refractivity contribution in [2.45, 2.75) is 24.3 Å². The van der Waals surface area contributed by atoms with Gasteiger partial charge in [0.25, 0.3) is 15.9 Å². The summed E-state index contributed by atoms with van der Waals surface area (Å²) >= 11 is 0. The van der Waals surface area contributed by atoms with Crippen LogP contribution in [0.25, 0.3) is 0 Å². The van der Waals surface area contributed by atoms with E-state index in [2.05, 4.69) is 15.0 Å². The molecular formula is C22H25N3O7S. The van der Waals surface area contributed by atoms with Gasteiger partial charge < -0.3 is 19.5 Å². The Labute approximate surface area is 192 Å². The summed E-state index contributed by atoms with van der Waals surface area (Å²) in [6.45, 7) is 1.32. The van der Waals surface area contributed by atoms with Crippen LogP contribution in [0.4, 0.5) is 0 Å². The second-order valence-electron chi connectivity index (χ2n) is 7.15. The van der Waals surface area contributed by atoms with E-state index in [9.17, 15) is 18.0 Å². The van der Waals surface area contributed by atoms with Gasteiger partial charge in [0, 0.05) is 12.1 Å². The van der Waals surface area contributed by atoms with Gasteiger partial charge in [-0.1, -0.05) is 18.2 Å². The summed E-state index contributed by atoms with van der Waals surface area (Å²) in [5, 5.41) is 2.67. The van der Waals surface area contributed by atoms with Crippen molar-refractivity contribution in [1.29, 1.82) is 0 Å². The normalized spacial score (nSPS) is 15.8. The van der Waals surface area contributed by atoms with Crippen LogP contribution in [0.1, 0.15) is 18.1 Å². The third-order valence-electron chi connectivity index (χ3n) is 4.86. The van der Waals surface area contributed by atoms with Crippen LogP contribution < -0.4 is 19.5 Å². The number of hydrogen-bond acceptors (Lipinski definition) is 8. The number of nitrogens with zero attached hydrogens (tertiary/aromatic N) is 1. The molecule has 2 N–H and O–H groups in total. The van der Waals surface area contributed by atoms with Crippen molar-refractivity contribution < 1.29 is 32.2 Å². The average Bonchev–Trinajstić information content (AvgIpc) is 3.07. The number of carbonyl (C=O) groups excluding carboxylic acids is 2. The van der Waals surface area contributed by atoms with Gasteiger partial charge in [-0.15, -0.1) is 0 Å². The molecule has 1 amide bonds. The van der Waals surface area contributed by atoms with E-state index >= 15 is 0 Å². The molecule has 33 heavy (non-hydrogen) atoms. The minimum atomic E-state index is -3.71. The quantitative estimate of drug-likeness (QED) is 0.518. The average molecular weight is 476 g/mol. The molecule has 0 aliphatic carbocycles.